The summed E-state index contributed by atoms with van der Waals surface area (Å²) >= 11 is 13.3. The van der Waals surface area contributed by atoms with Gasteiger partial charge in [-0.05, 0) is 54.6 Å². The second-order valence-corrected chi connectivity index (χ2v) is 8.78. The zero-order valence-electron chi connectivity index (χ0n) is 19.4. The molecule has 3 aromatic rings. The lowest BCUT2D eigenvalue weighted by atomic mass is 10.1. The number of halogens is 2. The molecule has 10 heteroatoms. The molecule has 1 aromatic heterocycles. The minimum Gasteiger partial charge on any atom is -0.493 e. The van der Waals surface area contributed by atoms with Crippen LogP contribution in [0.25, 0.3) is 0 Å². The first-order chi connectivity index (χ1) is 16.5. The molecule has 0 amide bonds. The highest BCUT2D eigenvalue weighted by Gasteiger charge is 2.14. The first kappa shape index (κ1) is 28.1. The third-order valence-electron chi connectivity index (χ3n) is 4.57. The number of benzene rings is 2. The topological polar surface area (TPSA) is 103 Å². The number of nitrogens with two attached hydrogens (primary N) is 1. The van der Waals surface area contributed by atoms with Crippen LogP contribution in [0.15, 0.2) is 47.0 Å². The number of ether oxygens (including phenoxy) is 1. The van der Waals surface area contributed by atoms with Gasteiger partial charge in [0.15, 0.2) is 0 Å². The van der Waals surface area contributed by atoms with Gasteiger partial charge in [-0.3, -0.25) is 9.52 Å². The van der Waals surface area contributed by atoms with Gasteiger partial charge in [0, 0.05) is 6.42 Å². The lowest BCUT2D eigenvalue weighted by Crippen LogP contribution is -2.17. The molecule has 34 heavy (non-hydrogen) atoms. The van der Waals surface area contributed by atoms with E-state index in [2.05, 4.69) is 21.8 Å². The maximum absolute atomic E-state index is 11.9. The summed E-state index contributed by atoms with van der Waals surface area (Å²) in [6.45, 7) is 3.66. The van der Waals surface area contributed by atoms with Crippen molar-refractivity contribution >= 4 is 40.9 Å². The summed E-state index contributed by atoms with van der Waals surface area (Å²) in [6, 6.07) is 13.2. The smallest absolute Gasteiger partial charge is 0.239 e. The molecule has 184 valence electrons. The van der Waals surface area contributed by atoms with E-state index >= 15 is 0 Å². The Bertz CT molecular complexity index is 1010. The van der Waals surface area contributed by atoms with E-state index in [1.54, 1.807) is 6.07 Å². The molecule has 0 spiro atoms. The Kier molecular flexibility index (Phi) is 13.0. The van der Waals surface area contributed by atoms with E-state index in [0.717, 1.165) is 29.8 Å². The van der Waals surface area contributed by atoms with Crippen molar-refractivity contribution < 1.29 is 14.1 Å². The van der Waals surface area contributed by atoms with Crippen LogP contribution < -0.4 is 15.2 Å². The zero-order valence-corrected chi connectivity index (χ0v) is 21.7. The molecule has 0 saturated carbocycles. The van der Waals surface area contributed by atoms with Crippen molar-refractivity contribution in [2.24, 2.45) is 5.73 Å². The van der Waals surface area contributed by atoms with Crippen LogP contribution in [-0.2, 0) is 12.8 Å². The predicted octanol–water partition coefficient (Wildman–Crippen LogP) is 5.38. The Hall–Kier alpha value is -2.10. The number of carbonyl (C=O) groups excluding carboxylic acids is 1. The van der Waals surface area contributed by atoms with Crippen molar-refractivity contribution in [1.29, 1.82) is 0 Å². The minimum atomic E-state index is -0.208. The predicted molar refractivity (Wildman–Crippen MR) is 139 cm³/mol. The van der Waals surface area contributed by atoms with Gasteiger partial charge >= 0.3 is 0 Å². The Morgan fingerprint density at radius 3 is 2.50 bits per heavy atom. The normalized spacial score (nSPS) is 10.5. The average molecular weight is 526 g/mol. The van der Waals surface area contributed by atoms with Gasteiger partial charge in [-0.25, -0.2) is 0 Å². The number of nitrogens with one attached hydrogen (secondary N) is 1. The van der Waals surface area contributed by atoms with E-state index in [1.807, 2.05) is 42.7 Å². The number of nitrogens with zero attached hydrogens (tertiary/aromatic N) is 2. The van der Waals surface area contributed by atoms with Crippen LogP contribution in [0.5, 0.6) is 5.75 Å². The van der Waals surface area contributed by atoms with Crippen LogP contribution >= 0.6 is 35.1 Å². The largest absolute Gasteiger partial charge is 0.493 e. The second kappa shape index (κ2) is 15.7. The Labute approximate surface area is 214 Å². The number of Topliss-reactive ketones (excluding diaryl/α,β-unsaturated/α-hetero) is 1. The second-order valence-electron chi connectivity index (χ2n) is 7.27. The number of unbranched alkanes of at least 4 members (excludes halogenated alkanes) is 1. The number of hydrogen-bond donors (Lipinski definition) is 2. The monoisotopic (exact) mass is 524 g/mol. The number of hydrogen-bond acceptors (Lipinski definition) is 8. The molecule has 0 atom stereocenters. The fraction of sp³-hybridized carbons (Fsp3) is 0.375. The van der Waals surface area contributed by atoms with Gasteiger partial charge < -0.3 is 15.0 Å². The third-order valence-corrected chi connectivity index (χ3v) is 5.75. The maximum Gasteiger partial charge on any atom is 0.239 e. The van der Waals surface area contributed by atoms with Gasteiger partial charge in [0.25, 0.3) is 0 Å². The number of ketones is 1. The Morgan fingerprint density at radius 2 is 1.88 bits per heavy atom. The average Bonchev–Trinajstić information content (AvgIpc) is 3.30. The van der Waals surface area contributed by atoms with Crippen molar-refractivity contribution in [1.82, 2.24) is 14.9 Å². The van der Waals surface area contributed by atoms with Crippen molar-refractivity contribution in [2.75, 3.05) is 26.0 Å². The zero-order chi connectivity index (χ0) is 24.8. The third kappa shape index (κ3) is 10.0. The molecule has 3 rings (SSSR count). The fourth-order valence-electron chi connectivity index (χ4n) is 2.72. The number of carbonyl (C=O) groups is 1. The molecule has 0 saturated heterocycles. The van der Waals surface area contributed by atoms with Crippen molar-refractivity contribution in [2.45, 2.75) is 32.6 Å². The molecule has 0 unspecified atom stereocenters. The Morgan fingerprint density at radius 1 is 1.15 bits per heavy atom. The quantitative estimate of drug-likeness (QED) is 0.240. The molecule has 3 N–H and O–H groups in total. The standard InChI is InChI=1S/C20H19Cl2N3O3S.C4H11N/c1-29-23-12-18(26)20-24-19(28-25-20)11-13-2-5-15(6-3-13)27-9-8-14-4-7-16(21)17(22)10-14;1-2-3-4-5/h2-7,10,23H,8-9,11-12H2,1H3;2-5H2,1H3. The molecule has 0 aliphatic heterocycles. The summed E-state index contributed by atoms with van der Waals surface area (Å²) in [5.74, 6) is 1.04. The van der Waals surface area contributed by atoms with Crippen molar-refractivity contribution in [3.8, 4) is 5.75 Å². The highest BCUT2D eigenvalue weighted by atomic mass is 35.5. The van der Waals surface area contributed by atoms with Crippen LogP contribution in [0.1, 0.15) is 47.4 Å². The maximum atomic E-state index is 11.9. The summed E-state index contributed by atoms with van der Waals surface area (Å²) in [6.07, 6.45) is 5.40. The van der Waals surface area contributed by atoms with Gasteiger partial charge in [0.05, 0.1) is 29.6 Å². The molecule has 2 aromatic carbocycles. The first-order valence-corrected chi connectivity index (χ1v) is 12.9. The molecule has 0 radical (unpaired) electrons. The lowest BCUT2D eigenvalue weighted by molar-refractivity contribution is 0.0985. The molecular weight excluding hydrogens is 495 g/mol. The van der Waals surface area contributed by atoms with Crippen LogP contribution in [0.2, 0.25) is 10.0 Å². The summed E-state index contributed by atoms with van der Waals surface area (Å²) in [4.78, 5) is 16.0. The summed E-state index contributed by atoms with van der Waals surface area (Å²) in [7, 11) is 0. The number of aromatic nitrogens is 2. The number of rotatable bonds is 12. The minimum absolute atomic E-state index is 0.0869. The summed E-state index contributed by atoms with van der Waals surface area (Å²) in [5.41, 5.74) is 7.18. The van der Waals surface area contributed by atoms with E-state index in [0.29, 0.717) is 29.0 Å². The fourth-order valence-corrected chi connectivity index (χ4v) is 3.32. The molecule has 1 heterocycles. The van der Waals surface area contributed by atoms with E-state index in [-0.39, 0.29) is 18.2 Å². The van der Waals surface area contributed by atoms with Gasteiger partial charge in [0.1, 0.15) is 5.75 Å². The molecule has 0 aliphatic carbocycles. The molecule has 0 bridgehead atoms. The summed E-state index contributed by atoms with van der Waals surface area (Å²) < 4.78 is 13.8. The van der Waals surface area contributed by atoms with E-state index < -0.39 is 0 Å². The van der Waals surface area contributed by atoms with Gasteiger partial charge in [-0.2, -0.15) is 4.98 Å². The van der Waals surface area contributed by atoms with E-state index in [4.69, 9.17) is 38.2 Å². The van der Waals surface area contributed by atoms with Crippen molar-refractivity contribution in [3.05, 3.63) is 75.4 Å². The van der Waals surface area contributed by atoms with Crippen LogP contribution in [0.3, 0.4) is 0 Å². The van der Waals surface area contributed by atoms with Crippen LogP contribution in [-0.4, -0.2) is 41.9 Å². The van der Waals surface area contributed by atoms with E-state index in [1.165, 1.54) is 24.8 Å². The molecule has 7 nitrogen and oxygen atoms in total. The SMILES string of the molecule is CCCCN.CSNCC(=O)c1noc(Cc2ccc(OCCc3ccc(Cl)c(Cl)c3)cc2)n1. The Balaban J connectivity index is 0.000000739. The summed E-state index contributed by atoms with van der Waals surface area (Å²) in [5, 5.41) is 4.82. The molecular formula is C24H30Cl2N4O3S. The van der Waals surface area contributed by atoms with E-state index in [9.17, 15) is 4.79 Å². The van der Waals surface area contributed by atoms with Gasteiger partial charge in [0.2, 0.25) is 17.5 Å². The van der Waals surface area contributed by atoms with Crippen LogP contribution in [0.4, 0.5) is 0 Å². The van der Waals surface area contributed by atoms with Gasteiger partial charge in [-0.15, -0.1) is 0 Å². The highest BCUT2D eigenvalue weighted by molar-refractivity contribution is 7.96. The molecule has 0 aliphatic rings. The lowest BCUT2D eigenvalue weighted by Gasteiger charge is -2.07. The highest BCUT2D eigenvalue weighted by Crippen LogP contribution is 2.23. The van der Waals surface area contributed by atoms with Gasteiger partial charge in [-0.1, -0.05) is 71.9 Å². The van der Waals surface area contributed by atoms with Crippen LogP contribution in [0, 0.1) is 0 Å². The molecule has 0 fully saturated rings. The first-order valence-electron chi connectivity index (χ1n) is 10.9. The van der Waals surface area contributed by atoms with Crippen molar-refractivity contribution in [3.63, 3.8) is 0 Å².